The molecule has 0 heterocycles. The SMILES string of the molecule is CNc1ccc(O)c(NC(=O)c2cccc3cc(C(C)=O)ccc23)c1. The molecule has 5 nitrogen and oxygen atoms in total. The summed E-state index contributed by atoms with van der Waals surface area (Å²) in [5, 5.41) is 17.2. The number of fused-ring (bicyclic) bond motifs is 1. The topological polar surface area (TPSA) is 78.4 Å². The van der Waals surface area contributed by atoms with Gasteiger partial charge in [0.1, 0.15) is 5.75 Å². The molecule has 126 valence electrons. The van der Waals surface area contributed by atoms with Gasteiger partial charge in [-0.05, 0) is 48.0 Å². The number of benzene rings is 3. The molecule has 0 saturated heterocycles. The van der Waals surface area contributed by atoms with Crippen LogP contribution in [0.4, 0.5) is 11.4 Å². The second-order valence-corrected chi connectivity index (χ2v) is 5.73. The first-order valence-corrected chi connectivity index (χ1v) is 7.85. The van der Waals surface area contributed by atoms with Crippen LogP contribution in [0.15, 0.2) is 54.6 Å². The number of ketones is 1. The number of anilines is 2. The van der Waals surface area contributed by atoms with Crippen molar-refractivity contribution in [2.75, 3.05) is 17.7 Å². The molecule has 25 heavy (non-hydrogen) atoms. The highest BCUT2D eigenvalue weighted by atomic mass is 16.3. The van der Waals surface area contributed by atoms with Crippen molar-refractivity contribution >= 4 is 33.8 Å². The molecular formula is C20H18N2O3. The number of rotatable bonds is 4. The second-order valence-electron chi connectivity index (χ2n) is 5.73. The van der Waals surface area contributed by atoms with Crippen LogP contribution < -0.4 is 10.6 Å². The zero-order valence-electron chi connectivity index (χ0n) is 14.0. The van der Waals surface area contributed by atoms with Crippen LogP contribution in [0, 0.1) is 0 Å². The molecule has 3 N–H and O–H groups in total. The van der Waals surface area contributed by atoms with Crippen molar-refractivity contribution < 1.29 is 14.7 Å². The summed E-state index contributed by atoms with van der Waals surface area (Å²) in [6.45, 7) is 1.51. The smallest absolute Gasteiger partial charge is 0.256 e. The van der Waals surface area contributed by atoms with Gasteiger partial charge in [0.15, 0.2) is 5.78 Å². The van der Waals surface area contributed by atoms with Crippen molar-refractivity contribution in [2.45, 2.75) is 6.92 Å². The highest BCUT2D eigenvalue weighted by Crippen LogP contribution is 2.28. The van der Waals surface area contributed by atoms with E-state index >= 15 is 0 Å². The number of hydrogen-bond donors (Lipinski definition) is 3. The molecule has 0 aliphatic heterocycles. The van der Waals surface area contributed by atoms with Gasteiger partial charge in [0, 0.05) is 23.9 Å². The molecule has 0 radical (unpaired) electrons. The lowest BCUT2D eigenvalue weighted by molar-refractivity contribution is 0.101. The van der Waals surface area contributed by atoms with Crippen molar-refractivity contribution in [1.29, 1.82) is 0 Å². The molecule has 0 atom stereocenters. The fraction of sp³-hybridized carbons (Fsp3) is 0.100. The summed E-state index contributed by atoms with van der Waals surface area (Å²) in [6, 6.07) is 15.5. The molecule has 5 heteroatoms. The number of phenols is 1. The molecular weight excluding hydrogens is 316 g/mol. The monoisotopic (exact) mass is 334 g/mol. The van der Waals surface area contributed by atoms with E-state index in [2.05, 4.69) is 10.6 Å². The van der Waals surface area contributed by atoms with Crippen molar-refractivity contribution in [2.24, 2.45) is 0 Å². The predicted octanol–water partition coefficient (Wildman–Crippen LogP) is 4.04. The van der Waals surface area contributed by atoms with Gasteiger partial charge in [-0.15, -0.1) is 0 Å². The van der Waals surface area contributed by atoms with Gasteiger partial charge in [-0.3, -0.25) is 9.59 Å². The Labute approximate surface area is 145 Å². The van der Waals surface area contributed by atoms with Crippen molar-refractivity contribution in [3.63, 3.8) is 0 Å². The molecule has 0 aromatic heterocycles. The maximum Gasteiger partial charge on any atom is 0.256 e. The second kappa shape index (κ2) is 6.65. The van der Waals surface area contributed by atoms with E-state index in [4.69, 9.17) is 0 Å². The van der Waals surface area contributed by atoms with E-state index < -0.39 is 0 Å². The van der Waals surface area contributed by atoms with Crippen molar-refractivity contribution in [3.05, 3.63) is 65.7 Å². The Morgan fingerprint density at radius 3 is 2.52 bits per heavy atom. The third kappa shape index (κ3) is 3.30. The largest absolute Gasteiger partial charge is 0.506 e. The number of hydrogen-bond acceptors (Lipinski definition) is 4. The molecule has 0 spiro atoms. The molecule has 1 amide bonds. The number of Topliss-reactive ketones (excluding diaryl/α,β-unsaturated/α-hetero) is 1. The Bertz CT molecular complexity index is 980. The minimum Gasteiger partial charge on any atom is -0.506 e. The average Bonchev–Trinajstić information content (AvgIpc) is 2.62. The third-order valence-corrected chi connectivity index (χ3v) is 4.06. The fourth-order valence-corrected chi connectivity index (χ4v) is 2.68. The first kappa shape index (κ1) is 16.5. The van der Waals surface area contributed by atoms with Crippen LogP contribution >= 0.6 is 0 Å². The Morgan fingerprint density at radius 2 is 1.80 bits per heavy atom. The lowest BCUT2D eigenvalue weighted by Crippen LogP contribution is -2.12. The molecule has 0 bridgehead atoms. The maximum absolute atomic E-state index is 12.7. The van der Waals surface area contributed by atoms with Gasteiger partial charge < -0.3 is 15.7 Å². The summed E-state index contributed by atoms with van der Waals surface area (Å²) < 4.78 is 0. The molecule has 0 fully saturated rings. The van der Waals surface area contributed by atoms with Crippen LogP contribution in [-0.4, -0.2) is 23.8 Å². The summed E-state index contributed by atoms with van der Waals surface area (Å²) in [4.78, 5) is 24.2. The van der Waals surface area contributed by atoms with E-state index in [9.17, 15) is 14.7 Å². The van der Waals surface area contributed by atoms with Gasteiger partial charge >= 0.3 is 0 Å². The summed E-state index contributed by atoms with van der Waals surface area (Å²) in [5.41, 5.74) is 2.18. The van der Waals surface area contributed by atoms with Crippen LogP contribution in [0.5, 0.6) is 5.75 Å². The quantitative estimate of drug-likeness (QED) is 0.382. The zero-order chi connectivity index (χ0) is 18.0. The lowest BCUT2D eigenvalue weighted by Gasteiger charge is -2.11. The standard InChI is InChI=1S/C20H18N2O3/c1-12(23)13-6-8-16-14(10-13)4-3-5-17(16)20(25)22-18-11-15(21-2)7-9-19(18)24/h3-11,21,24H,1-2H3,(H,22,25). The van der Waals surface area contributed by atoms with Crippen LogP contribution in [0.25, 0.3) is 10.8 Å². The molecule has 0 unspecified atom stereocenters. The fourth-order valence-electron chi connectivity index (χ4n) is 2.68. The van der Waals surface area contributed by atoms with Gasteiger partial charge in [-0.25, -0.2) is 0 Å². The molecule has 0 saturated carbocycles. The van der Waals surface area contributed by atoms with Gasteiger partial charge in [0.2, 0.25) is 0 Å². The Balaban J connectivity index is 1.99. The number of carbonyl (C=O) groups excluding carboxylic acids is 2. The Morgan fingerprint density at radius 1 is 1.00 bits per heavy atom. The van der Waals surface area contributed by atoms with Crippen LogP contribution in [0.2, 0.25) is 0 Å². The number of aromatic hydroxyl groups is 1. The van der Waals surface area contributed by atoms with Crippen molar-refractivity contribution in [3.8, 4) is 5.75 Å². The Kier molecular flexibility index (Phi) is 4.39. The number of carbonyl (C=O) groups is 2. The van der Waals surface area contributed by atoms with Crippen LogP contribution in [0.1, 0.15) is 27.6 Å². The highest BCUT2D eigenvalue weighted by molar-refractivity contribution is 6.14. The van der Waals surface area contributed by atoms with E-state index in [-0.39, 0.29) is 17.4 Å². The van der Waals surface area contributed by atoms with Gasteiger partial charge in [-0.2, -0.15) is 0 Å². The predicted molar refractivity (Wildman–Crippen MR) is 99.6 cm³/mol. The summed E-state index contributed by atoms with van der Waals surface area (Å²) >= 11 is 0. The minimum absolute atomic E-state index is 0.00791. The van der Waals surface area contributed by atoms with Gasteiger partial charge in [-0.1, -0.05) is 24.3 Å². The number of amides is 1. The highest BCUT2D eigenvalue weighted by Gasteiger charge is 2.13. The summed E-state index contributed by atoms with van der Waals surface area (Å²) in [7, 11) is 1.76. The first-order chi connectivity index (χ1) is 12.0. The van der Waals surface area contributed by atoms with E-state index in [1.165, 1.54) is 13.0 Å². The Hall–Kier alpha value is -3.34. The maximum atomic E-state index is 12.7. The minimum atomic E-state index is -0.329. The summed E-state index contributed by atoms with van der Waals surface area (Å²) in [6.07, 6.45) is 0. The molecule has 0 aliphatic carbocycles. The van der Waals surface area contributed by atoms with Crippen LogP contribution in [0.3, 0.4) is 0 Å². The lowest BCUT2D eigenvalue weighted by atomic mass is 10.0. The third-order valence-electron chi connectivity index (χ3n) is 4.06. The van der Waals surface area contributed by atoms with Crippen molar-refractivity contribution in [1.82, 2.24) is 0 Å². The average molecular weight is 334 g/mol. The van der Waals surface area contributed by atoms with E-state index in [0.717, 1.165) is 16.5 Å². The number of phenolic OH excluding ortho intramolecular Hbond substituents is 1. The van der Waals surface area contributed by atoms with Gasteiger partial charge in [0.25, 0.3) is 5.91 Å². The zero-order valence-corrected chi connectivity index (χ0v) is 14.0. The van der Waals surface area contributed by atoms with E-state index in [1.807, 2.05) is 6.07 Å². The van der Waals surface area contributed by atoms with Gasteiger partial charge in [0.05, 0.1) is 5.69 Å². The molecule has 3 aromatic rings. The normalized spacial score (nSPS) is 10.5. The first-order valence-electron chi connectivity index (χ1n) is 7.85. The molecule has 0 aliphatic rings. The molecule has 3 rings (SSSR count). The molecule has 3 aromatic carbocycles. The van der Waals surface area contributed by atoms with E-state index in [1.54, 1.807) is 49.5 Å². The van der Waals surface area contributed by atoms with E-state index in [0.29, 0.717) is 16.8 Å². The van der Waals surface area contributed by atoms with Crippen LogP contribution in [-0.2, 0) is 0 Å². The number of nitrogens with one attached hydrogen (secondary N) is 2. The summed E-state index contributed by atoms with van der Waals surface area (Å²) in [5.74, 6) is -0.360.